The molecule has 6 nitrogen and oxygen atoms in total. The molecule has 9 heteroatoms. The molecule has 0 unspecified atom stereocenters. The maximum atomic E-state index is 12.7. The Morgan fingerprint density at radius 2 is 1.60 bits per heavy atom. The molecule has 0 spiro atoms. The topological polar surface area (TPSA) is 75.7 Å². The highest BCUT2D eigenvalue weighted by Gasteiger charge is 2.31. The maximum Gasteiger partial charge on any atom is 0.416 e. The SMILES string of the molecule is CCN(CC)C(=O)c1ccc(NC(=O)COC(=O)c2cccc(C(F)(F)F)c2)cc1. The molecule has 0 saturated carbocycles. The van der Waals surface area contributed by atoms with Crippen LogP contribution in [0.15, 0.2) is 48.5 Å². The number of hydrogen-bond acceptors (Lipinski definition) is 4. The Bertz CT molecular complexity index is 907. The van der Waals surface area contributed by atoms with Crippen LogP contribution in [0.2, 0.25) is 0 Å². The molecule has 0 radical (unpaired) electrons. The molecule has 30 heavy (non-hydrogen) atoms. The minimum absolute atomic E-state index is 0.132. The van der Waals surface area contributed by atoms with Gasteiger partial charge in [0.05, 0.1) is 11.1 Å². The maximum absolute atomic E-state index is 12.7. The van der Waals surface area contributed by atoms with Crippen molar-refractivity contribution in [2.75, 3.05) is 25.0 Å². The molecule has 2 aromatic carbocycles. The van der Waals surface area contributed by atoms with Crippen molar-refractivity contribution < 1.29 is 32.3 Å². The molecule has 0 saturated heterocycles. The van der Waals surface area contributed by atoms with E-state index in [2.05, 4.69) is 5.32 Å². The quantitative estimate of drug-likeness (QED) is 0.685. The third-order valence-electron chi connectivity index (χ3n) is 4.23. The van der Waals surface area contributed by atoms with E-state index in [1.807, 2.05) is 13.8 Å². The van der Waals surface area contributed by atoms with Crippen LogP contribution in [0.5, 0.6) is 0 Å². The summed E-state index contributed by atoms with van der Waals surface area (Å²) in [5.41, 5.74) is -0.448. The van der Waals surface area contributed by atoms with E-state index < -0.39 is 30.2 Å². The average Bonchev–Trinajstić information content (AvgIpc) is 2.73. The minimum Gasteiger partial charge on any atom is -0.452 e. The normalized spacial score (nSPS) is 11.0. The van der Waals surface area contributed by atoms with E-state index in [-0.39, 0.29) is 11.5 Å². The van der Waals surface area contributed by atoms with Gasteiger partial charge in [-0.25, -0.2) is 4.79 Å². The fraction of sp³-hybridized carbons (Fsp3) is 0.286. The van der Waals surface area contributed by atoms with Gasteiger partial charge in [0.25, 0.3) is 11.8 Å². The highest BCUT2D eigenvalue weighted by Crippen LogP contribution is 2.29. The molecule has 0 aliphatic carbocycles. The molecule has 0 aliphatic heterocycles. The van der Waals surface area contributed by atoms with Gasteiger partial charge < -0.3 is 15.0 Å². The van der Waals surface area contributed by atoms with Crippen LogP contribution in [0.25, 0.3) is 0 Å². The number of benzene rings is 2. The summed E-state index contributed by atoms with van der Waals surface area (Å²) in [5.74, 6) is -1.84. The summed E-state index contributed by atoms with van der Waals surface area (Å²) in [6.07, 6.45) is -4.59. The molecular weight excluding hydrogens is 401 g/mol. The van der Waals surface area contributed by atoms with Gasteiger partial charge in [0.2, 0.25) is 0 Å². The van der Waals surface area contributed by atoms with Gasteiger partial charge in [-0.1, -0.05) is 6.07 Å². The molecule has 2 rings (SSSR count). The predicted octanol–water partition coefficient (Wildman–Crippen LogP) is 3.98. The molecule has 0 aliphatic rings. The van der Waals surface area contributed by atoms with Crippen LogP contribution in [0.3, 0.4) is 0 Å². The second-order valence-electron chi connectivity index (χ2n) is 6.26. The average molecular weight is 422 g/mol. The standard InChI is InChI=1S/C21H21F3N2O4/c1-3-26(4-2)19(28)14-8-10-17(11-9-14)25-18(27)13-30-20(29)15-6-5-7-16(12-15)21(22,23)24/h5-12H,3-4,13H2,1-2H3,(H,25,27). The van der Waals surface area contributed by atoms with Gasteiger partial charge in [-0.2, -0.15) is 13.2 Å². The van der Waals surface area contributed by atoms with Crippen LogP contribution in [0.1, 0.15) is 40.1 Å². The lowest BCUT2D eigenvalue weighted by molar-refractivity contribution is -0.137. The number of nitrogens with zero attached hydrogens (tertiary/aromatic N) is 1. The van der Waals surface area contributed by atoms with Crippen molar-refractivity contribution >= 4 is 23.5 Å². The number of halogens is 3. The van der Waals surface area contributed by atoms with E-state index >= 15 is 0 Å². The summed E-state index contributed by atoms with van der Waals surface area (Å²) < 4.78 is 42.9. The summed E-state index contributed by atoms with van der Waals surface area (Å²) in [4.78, 5) is 37.8. The monoisotopic (exact) mass is 422 g/mol. The summed E-state index contributed by atoms with van der Waals surface area (Å²) in [6, 6.07) is 9.92. The molecule has 0 atom stereocenters. The predicted molar refractivity (Wildman–Crippen MR) is 104 cm³/mol. The lowest BCUT2D eigenvalue weighted by Gasteiger charge is -2.18. The Kier molecular flexibility index (Phi) is 7.57. The summed E-state index contributed by atoms with van der Waals surface area (Å²) in [6.45, 7) is 4.22. The van der Waals surface area contributed by atoms with Gasteiger partial charge in [0, 0.05) is 24.3 Å². The Hall–Kier alpha value is -3.36. The van der Waals surface area contributed by atoms with E-state index in [9.17, 15) is 27.6 Å². The summed E-state index contributed by atoms with van der Waals surface area (Å²) >= 11 is 0. The number of amides is 2. The molecule has 2 amide bonds. The molecule has 2 aromatic rings. The molecule has 160 valence electrons. The largest absolute Gasteiger partial charge is 0.452 e. The van der Waals surface area contributed by atoms with Gasteiger partial charge in [0.15, 0.2) is 6.61 Å². The zero-order chi connectivity index (χ0) is 22.3. The number of hydrogen-bond donors (Lipinski definition) is 1. The van der Waals surface area contributed by atoms with Crippen molar-refractivity contribution in [3.05, 3.63) is 65.2 Å². The Labute approximate surface area is 171 Å². The van der Waals surface area contributed by atoms with Gasteiger partial charge >= 0.3 is 12.1 Å². The minimum atomic E-state index is -4.59. The van der Waals surface area contributed by atoms with Crippen molar-refractivity contribution in [1.82, 2.24) is 4.90 Å². The van der Waals surface area contributed by atoms with E-state index in [0.29, 0.717) is 30.4 Å². The van der Waals surface area contributed by atoms with Crippen LogP contribution in [-0.2, 0) is 15.7 Å². The molecule has 0 bridgehead atoms. The highest BCUT2D eigenvalue weighted by atomic mass is 19.4. The molecular formula is C21H21F3N2O4. The van der Waals surface area contributed by atoms with E-state index in [0.717, 1.165) is 12.1 Å². The summed E-state index contributed by atoms with van der Waals surface area (Å²) in [7, 11) is 0. The van der Waals surface area contributed by atoms with Gasteiger partial charge in [-0.3, -0.25) is 9.59 Å². The zero-order valence-corrected chi connectivity index (χ0v) is 16.5. The number of carbonyl (C=O) groups excluding carboxylic acids is 3. The Morgan fingerprint density at radius 3 is 2.17 bits per heavy atom. The third-order valence-corrected chi connectivity index (χ3v) is 4.23. The number of rotatable bonds is 7. The fourth-order valence-corrected chi connectivity index (χ4v) is 2.62. The van der Waals surface area contributed by atoms with Crippen molar-refractivity contribution in [2.45, 2.75) is 20.0 Å². The highest BCUT2D eigenvalue weighted by molar-refractivity contribution is 5.97. The first-order valence-electron chi connectivity index (χ1n) is 9.19. The third kappa shape index (κ3) is 6.07. The zero-order valence-electron chi connectivity index (χ0n) is 16.5. The number of alkyl halides is 3. The van der Waals surface area contributed by atoms with Gasteiger partial charge in [-0.15, -0.1) is 0 Å². The molecule has 1 N–H and O–H groups in total. The van der Waals surface area contributed by atoms with Crippen molar-refractivity contribution in [1.29, 1.82) is 0 Å². The second kappa shape index (κ2) is 9.91. The Morgan fingerprint density at radius 1 is 0.967 bits per heavy atom. The lowest BCUT2D eigenvalue weighted by atomic mass is 10.1. The van der Waals surface area contributed by atoms with Crippen LogP contribution in [-0.4, -0.2) is 42.4 Å². The molecule has 0 aromatic heterocycles. The number of ether oxygens (including phenoxy) is 1. The molecule has 0 fully saturated rings. The van der Waals surface area contributed by atoms with Crippen molar-refractivity contribution in [3.8, 4) is 0 Å². The number of anilines is 1. The second-order valence-corrected chi connectivity index (χ2v) is 6.26. The van der Waals surface area contributed by atoms with Gasteiger partial charge in [0.1, 0.15) is 0 Å². The van der Waals surface area contributed by atoms with Crippen LogP contribution < -0.4 is 5.32 Å². The summed E-state index contributed by atoms with van der Waals surface area (Å²) in [5, 5.41) is 2.49. The molecule has 0 heterocycles. The first-order valence-corrected chi connectivity index (χ1v) is 9.19. The number of esters is 1. The van der Waals surface area contributed by atoms with Gasteiger partial charge in [-0.05, 0) is 56.3 Å². The van der Waals surface area contributed by atoms with Crippen LogP contribution in [0.4, 0.5) is 18.9 Å². The lowest BCUT2D eigenvalue weighted by Crippen LogP contribution is -2.30. The smallest absolute Gasteiger partial charge is 0.416 e. The Balaban J connectivity index is 1.92. The van der Waals surface area contributed by atoms with Crippen LogP contribution in [0, 0.1) is 0 Å². The number of nitrogens with one attached hydrogen (secondary N) is 1. The van der Waals surface area contributed by atoms with Crippen molar-refractivity contribution in [2.24, 2.45) is 0 Å². The first-order chi connectivity index (χ1) is 14.2. The van der Waals surface area contributed by atoms with Crippen LogP contribution >= 0.6 is 0 Å². The van der Waals surface area contributed by atoms with Crippen molar-refractivity contribution in [3.63, 3.8) is 0 Å². The van der Waals surface area contributed by atoms with E-state index in [4.69, 9.17) is 4.74 Å². The number of carbonyl (C=O) groups is 3. The first kappa shape index (κ1) is 22.9. The fourth-order valence-electron chi connectivity index (χ4n) is 2.62. The van der Waals surface area contributed by atoms with E-state index in [1.54, 1.807) is 17.0 Å². The van der Waals surface area contributed by atoms with E-state index in [1.165, 1.54) is 18.2 Å².